The Kier molecular flexibility index (Phi) is 7.71. The summed E-state index contributed by atoms with van der Waals surface area (Å²) < 4.78 is 0. The van der Waals surface area contributed by atoms with Gasteiger partial charge in [-0.25, -0.2) is 19.8 Å². The average Bonchev–Trinajstić information content (AvgIpc) is 3.22. The van der Waals surface area contributed by atoms with Gasteiger partial charge in [0.25, 0.3) is 0 Å². The first-order valence-electron chi connectivity index (χ1n) is 11.3. The lowest BCUT2D eigenvalue weighted by Gasteiger charge is -2.19. The van der Waals surface area contributed by atoms with Crippen LogP contribution in [0.4, 0.5) is 17.2 Å². The number of hydrogen-bond acceptors (Lipinski definition) is 5. The predicted molar refractivity (Wildman–Crippen MR) is 130 cm³/mol. The van der Waals surface area contributed by atoms with E-state index in [1.807, 2.05) is 19.9 Å². The number of carboxylic acid groups (broad SMARTS) is 1. The minimum Gasteiger partial charge on any atom is -0.478 e. The molecule has 0 spiro atoms. The molecule has 0 aliphatic carbocycles. The normalized spacial score (nSPS) is 12.8. The number of hydrogen-bond donors (Lipinski definition) is 1. The van der Waals surface area contributed by atoms with Crippen molar-refractivity contribution in [2.75, 3.05) is 11.4 Å². The van der Waals surface area contributed by atoms with Gasteiger partial charge in [0, 0.05) is 17.7 Å². The van der Waals surface area contributed by atoms with Gasteiger partial charge in [0.2, 0.25) is 0 Å². The van der Waals surface area contributed by atoms with Gasteiger partial charge in [-0.2, -0.15) is 0 Å². The Labute approximate surface area is 189 Å². The van der Waals surface area contributed by atoms with Crippen molar-refractivity contribution in [3.05, 3.63) is 77.2 Å². The molecule has 3 aromatic rings. The lowest BCUT2D eigenvalue weighted by Crippen LogP contribution is -2.16. The molecule has 2 aliphatic rings. The Bertz CT molecular complexity index is 1110. The molecule has 32 heavy (non-hydrogen) atoms. The number of nitrogens with zero attached hydrogens (tertiary/aromatic N) is 4. The highest BCUT2D eigenvalue weighted by molar-refractivity contribution is 6.19. The summed E-state index contributed by atoms with van der Waals surface area (Å²) in [5.74, 6) is -0.131. The van der Waals surface area contributed by atoms with E-state index in [4.69, 9.17) is 10.1 Å². The first kappa shape index (κ1) is 23.1. The number of carbonyl (C=O) groups is 1. The minimum absolute atomic E-state index is 0.256. The van der Waals surface area contributed by atoms with Crippen LogP contribution in [0, 0.1) is 0 Å². The Balaban J connectivity index is 0.000000437. The van der Waals surface area contributed by atoms with Crippen molar-refractivity contribution >= 4 is 28.9 Å². The van der Waals surface area contributed by atoms with E-state index in [9.17, 15) is 4.79 Å². The fourth-order valence-electron chi connectivity index (χ4n) is 3.63. The summed E-state index contributed by atoms with van der Waals surface area (Å²) in [6.07, 6.45) is 6.86. The largest absolute Gasteiger partial charge is 0.478 e. The first-order valence-corrected chi connectivity index (χ1v) is 11.3. The van der Waals surface area contributed by atoms with Gasteiger partial charge in [-0.3, -0.25) is 0 Å². The summed E-state index contributed by atoms with van der Waals surface area (Å²) in [7, 11) is 0. The molecule has 166 valence electrons. The number of anilines is 2. The molecular weight excluding hydrogens is 400 g/mol. The molecule has 0 radical (unpaired) electrons. The van der Waals surface area contributed by atoms with Gasteiger partial charge in [0.1, 0.15) is 12.0 Å². The Hall–Kier alpha value is -3.54. The molecule has 3 heterocycles. The van der Waals surface area contributed by atoms with Crippen molar-refractivity contribution in [1.82, 2.24) is 9.97 Å². The quantitative estimate of drug-likeness (QED) is 0.536. The molecule has 0 saturated carbocycles. The summed E-state index contributed by atoms with van der Waals surface area (Å²) in [6, 6.07) is 13.0. The zero-order valence-electron chi connectivity index (χ0n) is 19.2. The smallest absolute Gasteiger partial charge is 0.335 e. The summed E-state index contributed by atoms with van der Waals surface area (Å²) >= 11 is 0. The molecule has 0 fully saturated rings. The van der Waals surface area contributed by atoms with Crippen molar-refractivity contribution < 1.29 is 9.90 Å². The van der Waals surface area contributed by atoms with Crippen LogP contribution < -0.4 is 4.90 Å². The fourth-order valence-corrected chi connectivity index (χ4v) is 3.63. The van der Waals surface area contributed by atoms with Crippen molar-refractivity contribution in [1.29, 1.82) is 0 Å². The van der Waals surface area contributed by atoms with Gasteiger partial charge in [-0.15, -0.1) is 0 Å². The van der Waals surface area contributed by atoms with Gasteiger partial charge in [-0.1, -0.05) is 70.9 Å². The van der Waals surface area contributed by atoms with Crippen molar-refractivity contribution in [2.24, 2.45) is 4.99 Å². The number of benzene rings is 2. The fraction of sp³-hybridized carbons (Fsp3) is 0.308. The summed E-state index contributed by atoms with van der Waals surface area (Å²) in [6.45, 7) is 9.22. The lowest BCUT2D eigenvalue weighted by molar-refractivity contribution is 0.0697. The zero-order chi connectivity index (χ0) is 23.1. The molecule has 1 N–H and O–H groups in total. The number of aromatic nitrogens is 2. The summed E-state index contributed by atoms with van der Waals surface area (Å²) in [5.41, 5.74) is 6.07. The third kappa shape index (κ3) is 4.54. The van der Waals surface area contributed by atoms with Crippen LogP contribution in [-0.2, 0) is 6.42 Å². The maximum atomic E-state index is 11.1. The second-order valence-electron chi connectivity index (χ2n) is 7.29. The van der Waals surface area contributed by atoms with Gasteiger partial charge in [0.15, 0.2) is 5.82 Å². The molecule has 6 nitrogen and oxygen atoms in total. The number of fused-ring (bicyclic) bond motifs is 2. The van der Waals surface area contributed by atoms with Crippen LogP contribution in [0.15, 0.2) is 60.0 Å². The van der Waals surface area contributed by atoms with Crippen LogP contribution in [0.5, 0.6) is 0 Å². The Morgan fingerprint density at radius 2 is 1.78 bits per heavy atom. The van der Waals surface area contributed by atoms with Crippen molar-refractivity contribution in [2.45, 2.75) is 47.0 Å². The molecule has 1 aromatic heterocycles. The van der Waals surface area contributed by atoms with Gasteiger partial charge in [-0.05, 0) is 24.1 Å². The molecule has 0 atom stereocenters. The van der Waals surface area contributed by atoms with E-state index in [1.165, 1.54) is 18.4 Å². The van der Waals surface area contributed by atoms with E-state index in [2.05, 4.69) is 40.8 Å². The Morgan fingerprint density at radius 3 is 2.44 bits per heavy atom. The third-order valence-corrected chi connectivity index (χ3v) is 5.32. The number of para-hydroxylation sites is 1. The second kappa shape index (κ2) is 10.7. The van der Waals surface area contributed by atoms with Crippen LogP contribution in [0.1, 0.15) is 67.6 Å². The van der Waals surface area contributed by atoms with Crippen molar-refractivity contribution in [3.8, 4) is 0 Å². The lowest BCUT2D eigenvalue weighted by atomic mass is 9.97. The highest BCUT2D eigenvalue weighted by Crippen LogP contribution is 2.43. The van der Waals surface area contributed by atoms with Crippen LogP contribution in [0.25, 0.3) is 0 Å². The molecule has 2 aliphatic heterocycles. The molecule has 0 bridgehead atoms. The maximum absolute atomic E-state index is 11.1. The molecular formula is C26H30N4O2. The molecule has 5 rings (SSSR count). The first-order chi connectivity index (χ1) is 15.6. The molecule has 0 saturated heterocycles. The van der Waals surface area contributed by atoms with E-state index < -0.39 is 5.97 Å². The second-order valence-corrected chi connectivity index (χ2v) is 7.29. The highest BCUT2D eigenvalue weighted by Gasteiger charge is 2.30. The van der Waals surface area contributed by atoms with Crippen LogP contribution in [0.3, 0.4) is 0 Å². The standard InChI is InChI=1S/C20H14N4O2.C4H10.C2H6/c25-20(26)14-6-4-12(5-7-14)17-15-3-1-2-13-8-9-24(18(13)15)19-16(23-17)10-21-11-22-19;1-3-4-2;1-2/h1-7,10-11H,8-9H2,(H,25,26);3-4H2,1-2H3;1-2H3. The van der Waals surface area contributed by atoms with Crippen LogP contribution in [-0.4, -0.2) is 33.3 Å². The highest BCUT2D eigenvalue weighted by atomic mass is 16.4. The summed E-state index contributed by atoms with van der Waals surface area (Å²) in [5, 5.41) is 9.14. The van der Waals surface area contributed by atoms with Crippen molar-refractivity contribution in [3.63, 3.8) is 0 Å². The molecule has 0 unspecified atom stereocenters. The van der Waals surface area contributed by atoms with E-state index in [0.717, 1.165) is 41.3 Å². The topological polar surface area (TPSA) is 78.7 Å². The number of aromatic carboxylic acids is 1. The number of rotatable bonds is 3. The third-order valence-electron chi connectivity index (χ3n) is 5.32. The monoisotopic (exact) mass is 430 g/mol. The molecule has 0 amide bonds. The van der Waals surface area contributed by atoms with Crippen LogP contribution >= 0.6 is 0 Å². The number of carboxylic acids is 1. The molecule has 6 heteroatoms. The predicted octanol–water partition coefficient (Wildman–Crippen LogP) is 6.18. The zero-order valence-corrected chi connectivity index (χ0v) is 19.2. The number of unbranched alkanes of at least 4 members (excludes halogenated alkanes) is 1. The summed E-state index contributed by atoms with van der Waals surface area (Å²) in [4.78, 5) is 26.8. The SMILES string of the molecule is CC.CCCC.O=C(O)c1ccc(C2=Nc3cncnc3N3CCc4cccc2c43)cc1. The molecule has 2 aromatic carbocycles. The minimum atomic E-state index is -0.940. The van der Waals surface area contributed by atoms with Gasteiger partial charge in [0.05, 0.1) is 23.2 Å². The van der Waals surface area contributed by atoms with E-state index in [1.54, 1.807) is 36.8 Å². The van der Waals surface area contributed by atoms with Gasteiger partial charge < -0.3 is 10.0 Å². The van der Waals surface area contributed by atoms with Crippen LogP contribution in [0.2, 0.25) is 0 Å². The van der Waals surface area contributed by atoms with E-state index in [0.29, 0.717) is 5.69 Å². The maximum Gasteiger partial charge on any atom is 0.335 e. The van der Waals surface area contributed by atoms with Gasteiger partial charge >= 0.3 is 5.97 Å². The van der Waals surface area contributed by atoms with E-state index >= 15 is 0 Å². The van der Waals surface area contributed by atoms with E-state index in [-0.39, 0.29) is 5.56 Å². The number of aliphatic imine (C=N–C) groups is 1. The average molecular weight is 431 g/mol. The Morgan fingerprint density at radius 1 is 1.06 bits per heavy atom.